The van der Waals surface area contributed by atoms with Crippen LogP contribution in [0, 0.1) is 17.8 Å². The molecule has 4 aliphatic rings. The van der Waals surface area contributed by atoms with E-state index in [0.29, 0.717) is 43.8 Å². The van der Waals surface area contributed by atoms with Crippen molar-refractivity contribution in [2.24, 2.45) is 23.5 Å². The number of likely N-dealkylation sites (N-methyl/N-ethyl adjacent to an activating group) is 1. The van der Waals surface area contributed by atoms with Gasteiger partial charge in [-0.3, -0.25) is 19.2 Å². The van der Waals surface area contributed by atoms with E-state index in [9.17, 15) is 29.1 Å². The number of carbonyl (C=O) groups is 5. The van der Waals surface area contributed by atoms with Crippen molar-refractivity contribution < 1.29 is 29.1 Å². The summed E-state index contributed by atoms with van der Waals surface area (Å²) in [7, 11) is 1.70. The number of piperidine rings is 1. The number of hydrogen-bond donors (Lipinski definition) is 5. The molecule has 6 N–H and O–H groups in total. The number of hydrogen-bond acceptors (Lipinski definition) is 9. The predicted molar refractivity (Wildman–Crippen MR) is 145 cm³/mol. The second-order valence-electron chi connectivity index (χ2n) is 11.1. The number of carboxylic acids is 1. The molecule has 3 saturated heterocycles. The van der Waals surface area contributed by atoms with Gasteiger partial charge in [-0.15, -0.1) is 11.8 Å². The quantitative estimate of drug-likeness (QED) is 0.198. The van der Waals surface area contributed by atoms with Crippen LogP contribution >= 0.6 is 11.8 Å². The monoisotopic (exact) mass is 564 g/mol. The Kier molecular flexibility index (Phi) is 9.35. The van der Waals surface area contributed by atoms with Gasteiger partial charge in [0.2, 0.25) is 17.7 Å². The molecular formula is C26H40N6O6S. The zero-order chi connectivity index (χ0) is 28.4. The lowest BCUT2D eigenvalue weighted by Crippen LogP contribution is -2.62. The number of thioether (sulfide) groups is 1. The van der Waals surface area contributed by atoms with Crippen molar-refractivity contribution in [3.8, 4) is 0 Å². The maximum atomic E-state index is 13.2. The lowest BCUT2D eigenvalue weighted by molar-refractivity contribution is -0.160. The Labute approximate surface area is 232 Å². The molecule has 3 fully saturated rings. The molecule has 0 unspecified atom stereocenters. The van der Waals surface area contributed by atoms with E-state index in [0.717, 1.165) is 0 Å². The average Bonchev–Trinajstić information content (AvgIpc) is 3.45. The van der Waals surface area contributed by atoms with Crippen LogP contribution in [0.1, 0.15) is 39.5 Å². The van der Waals surface area contributed by atoms with E-state index in [4.69, 9.17) is 5.73 Å². The standard InChI is InChI=1S/C26H40N6O6S/c1-13(8-16(33)11-28-3)20-21-14(2)23(22(26(37)38)32(21)25(20)36)39-17-9-18(29-12-17)24(35)31-6-4-15(5-7-31)30-19(34)10-27/h13-15,17-18,20-21,28-29H,4-12,27H2,1-3H3,(H,30,34)(H,37,38)/t13-,14+,17-,18-,20+,21+/m0/s1. The van der Waals surface area contributed by atoms with Crippen LogP contribution in [0.2, 0.25) is 0 Å². The predicted octanol–water partition coefficient (Wildman–Crippen LogP) is -0.896. The normalized spacial score (nSPS) is 29.7. The second kappa shape index (κ2) is 12.4. The Balaban J connectivity index is 1.35. The lowest BCUT2D eigenvalue weighted by atomic mass is 9.73. The van der Waals surface area contributed by atoms with Crippen LogP contribution in [0.25, 0.3) is 0 Å². The second-order valence-corrected chi connectivity index (χ2v) is 12.4. The van der Waals surface area contributed by atoms with Gasteiger partial charge in [0.15, 0.2) is 0 Å². The number of nitrogens with zero attached hydrogens (tertiary/aromatic N) is 2. The highest BCUT2D eigenvalue weighted by molar-refractivity contribution is 8.03. The fraction of sp³-hybridized carbons (Fsp3) is 0.731. The van der Waals surface area contributed by atoms with Gasteiger partial charge in [-0.1, -0.05) is 13.8 Å². The van der Waals surface area contributed by atoms with Gasteiger partial charge in [0, 0.05) is 48.2 Å². The molecule has 3 amide bonds. The summed E-state index contributed by atoms with van der Waals surface area (Å²) in [5, 5.41) is 19.0. The number of fused-ring (bicyclic) bond motifs is 1. The van der Waals surface area contributed by atoms with Crippen LogP contribution in [0.3, 0.4) is 0 Å². The van der Waals surface area contributed by atoms with E-state index in [1.54, 1.807) is 7.05 Å². The third-order valence-corrected chi connectivity index (χ3v) is 9.88. The van der Waals surface area contributed by atoms with Crippen LogP contribution in [0.4, 0.5) is 0 Å². The molecule has 0 aromatic rings. The van der Waals surface area contributed by atoms with Crippen LogP contribution < -0.4 is 21.7 Å². The highest BCUT2D eigenvalue weighted by Gasteiger charge is 2.60. The topological polar surface area (TPSA) is 174 Å². The molecule has 39 heavy (non-hydrogen) atoms. The Morgan fingerprint density at radius 3 is 2.54 bits per heavy atom. The highest BCUT2D eigenvalue weighted by Crippen LogP contribution is 2.53. The number of likely N-dealkylation sites (tertiary alicyclic amines) is 1. The van der Waals surface area contributed by atoms with Gasteiger partial charge in [-0.2, -0.15) is 0 Å². The number of nitrogens with two attached hydrogens (primary N) is 1. The van der Waals surface area contributed by atoms with Crippen molar-refractivity contribution in [2.75, 3.05) is 39.8 Å². The minimum Gasteiger partial charge on any atom is -0.477 e. The first-order valence-electron chi connectivity index (χ1n) is 13.7. The number of β-lactam (4-membered cyclic amide) rings is 1. The molecule has 4 heterocycles. The van der Waals surface area contributed by atoms with Crippen molar-refractivity contribution in [3.05, 3.63) is 10.6 Å². The number of nitrogens with one attached hydrogen (secondary N) is 3. The van der Waals surface area contributed by atoms with Crippen molar-refractivity contribution in [3.63, 3.8) is 0 Å². The van der Waals surface area contributed by atoms with Crippen molar-refractivity contribution in [1.29, 1.82) is 0 Å². The number of rotatable bonds is 11. The molecule has 0 aliphatic carbocycles. The van der Waals surface area contributed by atoms with Crippen LogP contribution in [-0.2, 0) is 24.0 Å². The largest absolute Gasteiger partial charge is 0.477 e. The maximum absolute atomic E-state index is 13.2. The third-order valence-electron chi connectivity index (χ3n) is 8.37. The van der Waals surface area contributed by atoms with Crippen molar-refractivity contribution in [2.45, 2.75) is 62.9 Å². The molecule has 0 spiro atoms. The molecule has 0 aromatic heterocycles. The van der Waals surface area contributed by atoms with Gasteiger partial charge in [0.1, 0.15) is 11.5 Å². The van der Waals surface area contributed by atoms with Gasteiger partial charge in [0.05, 0.1) is 31.1 Å². The van der Waals surface area contributed by atoms with E-state index in [-0.39, 0.29) is 89.8 Å². The SMILES string of the molecule is CNCC(=O)C[C@H](C)[C@H]1C(=O)N2C(C(=O)O)=C(S[C@@H]3CN[C@H](C(=O)N4CCC(NC(=O)CN)CC4)C3)[C@H](C)[C@H]12. The van der Waals surface area contributed by atoms with E-state index in [1.165, 1.54) is 16.7 Å². The fourth-order valence-electron chi connectivity index (χ4n) is 6.43. The van der Waals surface area contributed by atoms with Crippen LogP contribution in [0.5, 0.6) is 0 Å². The molecular weight excluding hydrogens is 524 g/mol. The van der Waals surface area contributed by atoms with Gasteiger partial charge >= 0.3 is 5.97 Å². The minimum atomic E-state index is -1.12. The van der Waals surface area contributed by atoms with Gasteiger partial charge in [-0.05, 0) is 32.2 Å². The number of carboxylic acid groups (broad SMARTS) is 1. The van der Waals surface area contributed by atoms with E-state index >= 15 is 0 Å². The molecule has 6 atom stereocenters. The summed E-state index contributed by atoms with van der Waals surface area (Å²) in [5.41, 5.74) is 5.41. The average molecular weight is 565 g/mol. The Hall–Kier alpha value is -2.48. The van der Waals surface area contributed by atoms with Crippen molar-refractivity contribution >= 4 is 41.2 Å². The smallest absolute Gasteiger partial charge is 0.353 e. The summed E-state index contributed by atoms with van der Waals surface area (Å²) in [6.07, 6.45) is 2.19. The zero-order valence-electron chi connectivity index (χ0n) is 22.8. The third kappa shape index (κ3) is 6.01. The van der Waals surface area contributed by atoms with Gasteiger partial charge in [-0.25, -0.2) is 4.79 Å². The minimum absolute atomic E-state index is 0.00554. The first-order chi connectivity index (χ1) is 18.6. The van der Waals surface area contributed by atoms with E-state index in [1.807, 2.05) is 18.7 Å². The molecule has 216 valence electrons. The molecule has 13 heteroatoms. The number of ketones is 1. The molecule has 4 rings (SSSR count). The number of carbonyl (C=O) groups excluding carboxylic acids is 4. The summed E-state index contributed by atoms with van der Waals surface area (Å²) in [6, 6.07) is -0.597. The molecule has 4 aliphatic heterocycles. The molecule has 0 saturated carbocycles. The lowest BCUT2D eigenvalue weighted by Gasteiger charge is -2.47. The Morgan fingerprint density at radius 1 is 1.23 bits per heavy atom. The van der Waals surface area contributed by atoms with E-state index < -0.39 is 5.97 Å². The maximum Gasteiger partial charge on any atom is 0.353 e. The molecule has 12 nitrogen and oxygen atoms in total. The summed E-state index contributed by atoms with van der Waals surface area (Å²) in [5.74, 6) is -2.22. The summed E-state index contributed by atoms with van der Waals surface area (Å²) < 4.78 is 0. The summed E-state index contributed by atoms with van der Waals surface area (Å²) in [6.45, 7) is 5.71. The summed E-state index contributed by atoms with van der Waals surface area (Å²) >= 11 is 1.46. The van der Waals surface area contributed by atoms with Crippen molar-refractivity contribution in [1.82, 2.24) is 25.8 Å². The van der Waals surface area contributed by atoms with Gasteiger partial charge < -0.3 is 36.6 Å². The number of amides is 3. The Morgan fingerprint density at radius 2 is 1.92 bits per heavy atom. The highest BCUT2D eigenvalue weighted by atomic mass is 32.2. The number of aliphatic carboxylic acids is 1. The first-order valence-corrected chi connectivity index (χ1v) is 14.6. The number of Topliss-reactive ketones (excluding diaryl/α,β-unsaturated/α-hetero) is 1. The first kappa shape index (κ1) is 29.5. The molecule has 0 radical (unpaired) electrons. The fourth-order valence-corrected chi connectivity index (χ4v) is 7.91. The zero-order valence-corrected chi connectivity index (χ0v) is 23.6. The van der Waals surface area contributed by atoms with E-state index in [2.05, 4.69) is 16.0 Å². The summed E-state index contributed by atoms with van der Waals surface area (Å²) in [4.78, 5) is 66.1. The molecule has 0 bridgehead atoms. The molecule has 0 aromatic carbocycles. The van der Waals surface area contributed by atoms with Crippen LogP contribution in [-0.4, -0.2) is 108 Å². The Bertz CT molecular complexity index is 1040. The van der Waals surface area contributed by atoms with Crippen LogP contribution in [0.15, 0.2) is 10.6 Å². The van der Waals surface area contributed by atoms with Gasteiger partial charge in [0.25, 0.3) is 0 Å².